The Morgan fingerprint density at radius 2 is 1.67 bits per heavy atom. The maximum Gasteiger partial charge on any atom is 0.407 e. The first-order chi connectivity index (χ1) is 15.3. The average Bonchev–Trinajstić information content (AvgIpc) is 3.16. The van der Waals surface area contributed by atoms with E-state index in [1.54, 1.807) is 52.8 Å². The first-order valence-electron chi connectivity index (χ1n) is 10.6. The number of rotatable bonds is 6. The van der Waals surface area contributed by atoms with Crippen molar-refractivity contribution in [3.63, 3.8) is 0 Å². The number of aliphatic hydroxyl groups is 1. The maximum absolute atomic E-state index is 13.6. The van der Waals surface area contributed by atoms with Crippen LogP contribution >= 0.6 is 0 Å². The third-order valence-electron chi connectivity index (χ3n) is 4.85. The van der Waals surface area contributed by atoms with Crippen molar-refractivity contribution in [2.24, 2.45) is 0 Å². The van der Waals surface area contributed by atoms with Crippen LogP contribution in [-0.2, 0) is 26.9 Å². The van der Waals surface area contributed by atoms with E-state index >= 15 is 0 Å². The van der Waals surface area contributed by atoms with Crippen LogP contribution in [0, 0.1) is 0 Å². The molecule has 3 aromatic rings. The van der Waals surface area contributed by atoms with Gasteiger partial charge in [0.05, 0.1) is 16.2 Å². The van der Waals surface area contributed by atoms with Gasteiger partial charge in [-0.05, 0) is 69.5 Å². The summed E-state index contributed by atoms with van der Waals surface area (Å²) in [5.74, 6) is 0. The van der Waals surface area contributed by atoms with Gasteiger partial charge in [0.25, 0.3) is 10.0 Å². The molecule has 0 bridgehead atoms. The van der Waals surface area contributed by atoms with Crippen LogP contribution < -0.4 is 5.32 Å². The summed E-state index contributed by atoms with van der Waals surface area (Å²) in [6.07, 6.45) is 0.906. The van der Waals surface area contributed by atoms with Gasteiger partial charge < -0.3 is 15.2 Å². The van der Waals surface area contributed by atoms with Crippen LogP contribution in [0.5, 0.6) is 0 Å². The summed E-state index contributed by atoms with van der Waals surface area (Å²) in [6.45, 7) is 8.61. The second kappa shape index (κ2) is 9.03. The number of hydrogen-bond acceptors (Lipinski definition) is 5. The minimum atomic E-state index is -3.99. The molecule has 0 saturated carbocycles. The number of alkyl carbamates (subject to hydrolysis) is 1. The molecule has 0 unspecified atom stereocenters. The maximum atomic E-state index is 13.6. The van der Waals surface area contributed by atoms with Gasteiger partial charge in [-0.3, -0.25) is 0 Å². The summed E-state index contributed by atoms with van der Waals surface area (Å²) in [6, 6.07) is 17.1. The van der Waals surface area contributed by atoms with Crippen molar-refractivity contribution in [3.8, 4) is 11.3 Å². The van der Waals surface area contributed by atoms with Crippen LogP contribution in [0.3, 0.4) is 0 Å². The lowest BCUT2D eigenvalue weighted by Crippen LogP contribution is -2.32. The van der Waals surface area contributed by atoms with E-state index < -0.39 is 27.3 Å². The number of amides is 1. The number of benzene rings is 2. The topological polar surface area (TPSA) is 97.6 Å². The molecule has 1 amide bonds. The molecule has 0 atom stereocenters. The first kappa shape index (κ1) is 24.5. The minimum Gasteiger partial charge on any atom is -0.444 e. The van der Waals surface area contributed by atoms with Gasteiger partial charge in [-0.1, -0.05) is 42.5 Å². The molecule has 2 N–H and O–H groups in total. The Hall–Kier alpha value is -3.10. The average molecular weight is 471 g/mol. The lowest BCUT2D eigenvalue weighted by atomic mass is 9.99. The quantitative estimate of drug-likeness (QED) is 0.547. The molecule has 0 aliphatic rings. The van der Waals surface area contributed by atoms with Crippen molar-refractivity contribution in [1.29, 1.82) is 0 Å². The monoisotopic (exact) mass is 470 g/mol. The predicted molar refractivity (Wildman–Crippen MR) is 127 cm³/mol. The van der Waals surface area contributed by atoms with Crippen molar-refractivity contribution in [1.82, 2.24) is 9.29 Å². The molecule has 7 nitrogen and oxygen atoms in total. The molecule has 1 heterocycles. The Labute approximate surface area is 195 Å². The van der Waals surface area contributed by atoms with Crippen molar-refractivity contribution >= 4 is 16.1 Å². The lowest BCUT2D eigenvalue weighted by Gasteiger charge is -2.19. The number of aromatic nitrogens is 1. The molecule has 176 valence electrons. The van der Waals surface area contributed by atoms with E-state index in [9.17, 15) is 18.3 Å². The van der Waals surface area contributed by atoms with Crippen molar-refractivity contribution < 1.29 is 23.1 Å². The van der Waals surface area contributed by atoms with Gasteiger partial charge in [0.15, 0.2) is 0 Å². The Balaban J connectivity index is 2.02. The summed E-state index contributed by atoms with van der Waals surface area (Å²) >= 11 is 0. The predicted octanol–water partition coefficient (Wildman–Crippen LogP) is 4.64. The zero-order valence-corrected chi connectivity index (χ0v) is 20.3. The van der Waals surface area contributed by atoms with Crippen LogP contribution in [0.1, 0.15) is 45.7 Å². The molecule has 2 aromatic carbocycles. The van der Waals surface area contributed by atoms with E-state index in [4.69, 9.17) is 4.74 Å². The second-order valence-corrected chi connectivity index (χ2v) is 11.2. The summed E-state index contributed by atoms with van der Waals surface area (Å²) in [7, 11) is -3.99. The van der Waals surface area contributed by atoms with Crippen LogP contribution in [0.15, 0.2) is 71.8 Å². The molecular weight excluding hydrogens is 440 g/mol. The van der Waals surface area contributed by atoms with E-state index in [2.05, 4.69) is 5.32 Å². The molecule has 0 aliphatic carbocycles. The highest BCUT2D eigenvalue weighted by Gasteiger charge is 2.25. The highest BCUT2D eigenvalue weighted by atomic mass is 32.2. The zero-order valence-electron chi connectivity index (χ0n) is 19.5. The number of nitrogens with zero attached hydrogens (tertiary/aromatic N) is 1. The van der Waals surface area contributed by atoms with Crippen molar-refractivity contribution in [3.05, 3.63) is 78.0 Å². The fourth-order valence-corrected chi connectivity index (χ4v) is 4.70. The van der Waals surface area contributed by atoms with Gasteiger partial charge in [-0.2, -0.15) is 0 Å². The summed E-state index contributed by atoms with van der Waals surface area (Å²) in [4.78, 5) is 12.1. The molecule has 0 aliphatic heterocycles. The van der Waals surface area contributed by atoms with Crippen LogP contribution in [0.4, 0.5) is 4.79 Å². The SMILES string of the molecule is CC(C)(C)OC(=O)NCc1cc(-c2ccccc2)n(S(=O)(=O)c2cccc(C(C)(C)O)c2)c1. The molecule has 0 spiro atoms. The smallest absolute Gasteiger partial charge is 0.407 e. The van der Waals surface area contributed by atoms with Gasteiger partial charge in [0.1, 0.15) is 5.60 Å². The van der Waals surface area contributed by atoms with E-state index in [-0.39, 0.29) is 11.4 Å². The van der Waals surface area contributed by atoms with Crippen molar-refractivity contribution in [2.45, 2.75) is 57.3 Å². The van der Waals surface area contributed by atoms with Crippen LogP contribution in [0.25, 0.3) is 11.3 Å². The Bertz CT molecular complexity index is 1230. The summed E-state index contributed by atoms with van der Waals surface area (Å²) in [5.41, 5.74) is 0.437. The molecule has 0 saturated heterocycles. The number of carbonyl (C=O) groups excluding carboxylic acids is 1. The number of carbonyl (C=O) groups is 1. The number of hydrogen-bond donors (Lipinski definition) is 2. The Kier molecular flexibility index (Phi) is 6.72. The normalized spacial score (nSPS) is 12.4. The highest BCUT2D eigenvalue weighted by molar-refractivity contribution is 7.90. The largest absolute Gasteiger partial charge is 0.444 e. The molecule has 0 radical (unpaired) electrons. The Morgan fingerprint density at radius 1 is 1.00 bits per heavy atom. The minimum absolute atomic E-state index is 0.0570. The van der Waals surface area contributed by atoms with E-state index in [1.165, 1.54) is 22.3 Å². The fraction of sp³-hybridized carbons (Fsp3) is 0.320. The number of ether oxygens (including phenoxy) is 1. The molecular formula is C25H30N2O5S. The van der Waals surface area contributed by atoms with E-state index in [0.717, 1.165) is 0 Å². The molecule has 1 aromatic heterocycles. The van der Waals surface area contributed by atoms with E-state index in [0.29, 0.717) is 22.4 Å². The van der Waals surface area contributed by atoms with Gasteiger partial charge in [-0.25, -0.2) is 17.2 Å². The van der Waals surface area contributed by atoms with Crippen LogP contribution in [-0.4, -0.2) is 29.2 Å². The summed E-state index contributed by atoms with van der Waals surface area (Å²) < 4.78 is 33.7. The second-order valence-electron chi connectivity index (χ2n) is 9.34. The molecule has 3 rings (SSSR count). The van der Waals surface area contributed by atoms with Gasteiger partial charge >= 0.3 is 6.09 Å². The number of nitrogens with one attached hydrogen (secondary N) is 1. The summed E-state index contributed by atoms with van der Waals surface area (Å²) in [5, 5.41) is 13.0. The standard InChI is InChI=1S/C25H30N2O5S/c1-24(2,3)32-23(28)26-16-18-14-22(19-10-7-6-8-11-19)27(17-18)33(30,31)21-13-9-12-20(15-21)25(4,5)29/h6-15,17,29H,16H2,1-5H3,(H,26,28). The highest BCUT2D eigenvalue weighted by Crippen LogP contribution is 2.29. The molecule has 8 heteroatoms. The zero-order chi connectivity index (χ0) is 24.4. The lowest BCUT2D eigenvalue weighted by molar-refractivity contribution is 0.0523. The van der Waals surface area contributed by atoms with E-state index in [1.807, 2.05) is 30.3 Å². The van der Waals surface area contributed by atoms with Crippen LogP contribution in [0.2, 0.25) is 0 Å². The van der Waals surface area contributed by atoms with Crippen molar-refractivity contribution in [2.75, 3.05) is 0 Å². The third kappa shape index (κ3) is 6.03. The Morgan fingerprint density at radius 3 is 2.27 bits per heavy atom. The fourth-order valence-electron chi connectivity index (χ4n) is 3.25. The molecule has 0 fully saturated rings. The first-order valence-corrected chi connectivity index (χ1v) is 12.0. The third-order valence-corrected chi connectivity index (χ3v) is 6.51. The molecule has 33 heavy (non-hydrogen) atoms. The van der Waals surface area contributed by atoms with Gasteiger partial charge in [0.2, 0.25) is 0 Å². The van der Waals surface area contributed by atoms with Gasteiger partial charge in [0, 0.05) is 12.7 Å². The van der Waals surface area contributed by atoms with Gasteiger partial charge in [-0.15, -0.1) is 0 Å².